The van der Waals surface area contributed by atoms with Crippen LogP contribution in [-0.2, 0) is 10.0 Å². The second-order valence-electron chi connectivity index (χ2n) is 6.18. The maximum Gasteiger partial charge on any atom is 0.261 e. The third kappa shape index (κ3) is 4.69. The molecule has 7 heteroatoms. The molecule has 0 spiro atoms. The van der Waals surface area contributed by atoms with E-state index in [-0.39, 0.29) is 10.8 Å². The summed E-state index contributed by atoms with van der Waals surface area (Å²) in [5.74, 6) is 0.382. The summed E-state index contributed by atoms with van der Waals surface area (Å²) in [5.41, 5.74) is 2.46. The van der Waals surface area contributed by atoms with Gasteiger partial charge in [0.1, 0.15) is 5.75 Å². The third-order valence-corrected chi connectivity index (χ3v) is 5.44. The molecule has 0 atom stereocenters. The fraction of sp³-hybridized carbons (Fsp3) is 0.0952. The highest BCUT2D eigenvalue weighted by Crippen LogP contribution is 2.21. The van der Waals surface area contributed by atoms with Gasteiger partial charge in [-0.05, 0) is 67.6 Å². The van der Waals surface area contributed by atoms with Crippen LogP contribution in [0.15, 0.2) is 77.7 Å². The van der Waals surface area contributed by atoms with Crippen molar-refractivity contribution in [3.63, 3.8) is 0 Å². The third-order valence-electron chi connectivity index (χ3n) is 4.04. The fourth-order valence-electron chi connectivity index (χ4n) is 2.58. The summed E-state index contributed by atoms with van der Waals surface area (Å²) in [7, 11) is -2.20. The Morgan fingerprint density at radius 2 is 1.54 bits per heavy atom. The van der Waals surface area contributed by atoms with Gasteiger partial charge in [0.2, 0.25) is 0 Å². The molecule has 0 aliphatic heterocycles. The Labute approximate surface area is 164 Å². The number of ether oxygens (including phenoxy) is 1. The van der Waals surface area contributed by atoms with Crippen molar-refractivity contribution < 1.29 is 17.9 Å². The lowest BCUT2D eigenvalue weighted by Crippen LogP contribution is -2.14. The number of rotatable bonds is 6. The van der Waals surface area contributed by atoms with E-state index in [1.807, 2.05) is 19.1 Å². The van der Waals surface area contributed by atoms with Crippen LogP contribution >= 0.6 is 0 Å². The lowest BCUT2D eigenvalue weighted by Gasteiger charge is -2.10. The SMILES string of the molecule is COc1ccc(NS(=O)(=O)c2ccc(NC(=O)c3cccc(C)c3)cc2)cc1. The zero-order chi connectivity index (χ0) is 20.1. The van der Waals surface area contributed by atoms with Crippen LogP contribution in [-0.4, -0.2) is 21.4 Å². The van der Waals surface area contributed by atoms with Crippen LogP contribution in [0.3, 0.4) is 0 Å². The average Bonchev–Trinajstić information content (AvgIpc) is 2.69. The molecule has 0 aliphatic rings. The Morgan fingerprint density at radius 3 is 2.14 bits per heavy atom. The molecule has 2 N–H and O–H groups in total. The standard InChI is InChI=1S/C21H20N2O4S/c1-15-4-3-5-16(14-15)21(24)22-17-8-12-20(13-9-17)28(25,26)23-18-6-10-19(27-2)11-7-18/h3-14,23H,1-2H3,(H,22,24). The number of aryl methyl sites for hydroxylation is 1. The second kappa shape index (κ2) is 8.14. The van der Waals surface area contributed by atoms with Gasteiger partial charge in [0.15, 0.2) is 0 Å². The largest absolute Gasteiger partial charge is 0.497 e. The van der Waals surface area contributed by atoms with Crippen LogP contribution in [0.1, 0.15) is 15.9 Å². The van der Waals surface area contributed by atoms with Crippen LogP contribution < -0.4 is 14.8 Å². The number of hydrogen-bond acceptors (Lipinski definition) is 4. The minimum atomic E-state index is -3.74. The van der Waals surface area contributed by atoms with Crippen molar-refractivity contribution in [3.8, 4) is 5.75 Å². The molecule has 0 aromatic heterocycles. The van der Waals surface area contributed by atoms with Gasteiger partial charge in [-0.1, -0.05) is 17.7 Å². The number of nitrogens with one attached hydrogen (secondary N) is 2. The van der Waals surface area contributed by atoms with E-state index in [1.54, 1.807) is 55.6 Å². The number of amides is 1. The summed E-state index contributed by atoms with van der Waals surface area (Å²) in [6, 6.07) is 19.8. The second-order valence-corrected chi connectivity index (χ2v) is 7.86. The summed E-state index contributed by atoms with van der Waals surface area (Å²) < 4.78 is 32.6. The fourth-order valence-corrected chi connectivity index (χ4v) is 3.64. The highest BCUT2D eigenvalue weighted by atomic mass is 32.2. The van der Waals surface area contributed by atoms with Gasteiger partial charge in [0, 0.05) is 16.9 Å². The van der Waals surface area contributed by atoms with Gasteiger partial charge >= 0.3 is 0 Å². The zero-order valence-electron chi connectivity index (χ0n) is 15.5. The predicted molar refractivity (Wildman–Crippen MR) is 109 cm³/mol. The first-order chi connectivity index (χ1) is 13.4. The highest BCUT2D eigenvalue weighted by molar-refractivity contribution is 7.92. The molecule has 3 aromatic rings. The number of benzene rings is 3. The molecule has 0 saturated heterocycles. The zero-order valence-corrected chi connectivity index (χ0v) is 16.3. The first kappa shape index (κ1) is 19.4. The molecule has 0 radical (unpaired) electrons. The normalized spacial score (nSPS) is 10.9. The molecule has 3 aromatic carbocycles. The van der Waals surface area contributed by atoms with E-state index < -0.39 is 10.0 Å². The number of methoxy groups -OCH3 is 1. The summed E-state index contributed by atoms with van der Waals surface area (Å²) >= 11 is 0. The van der Waals surface area contributed by atoms with E-state index in [9.17, 15) is 13.2 Å². The van der Waals surface area contributed by atoms with E-state index in [0.29, 0.717) is 22.7 Å². The Bertz CT molecular complexity index is 1080. The molecular weight excluding hydrogens is 376 g/mol. The molecule has 0 bridgehead atoms. The number of carbonyl (C=O) groups excluding carboxylic acids is 1. The predicted octanol–water partition coefficient (Wildman–Crippen LogP) is 4.06. The molecule has 0 fully saturated rings. The Hall–Kier alpha value is -3.32. The van der Waals surface area contributed by atoms with E-state index in [4.69, 9.17) is 4.74 Å². The molecule has 0 aliphatic carbocycles. The van der Waals surface area contributed by atoms with Gasteiger partial charge in [-0.2, -0.15) is 0 Å². The Balaban J connectivity index is 1.71. The van der Waals surface area contributed by atoms with E-state index in [1.165, 1.54) is 12.1 Å². The van der Waals surface area contributed by atoms with Crippen molar-refractivity contribution in [1.82, 2.24) is 0 Å². The summed E-state index contributed by atoms with van der Waals surface area (Å²) in [4.78, 5) is 12.4. The maximum atomic E-state index is 12.5. The van der Waals surface area contributed by atoms with Gasteiger partial charge in [0.25, 0.3) is 15.9 Å². The minimum absolute atomic E-state index is 0.0943. The summed E-state index contributed by atoms with van der Waals surface area (Å²) in [6.45, 7) is 1.91. The van der Waals surface area contributed by atoms with Crippen LogP contribution in [0, 0.1) is 6.92 Å². The molecular formula is C21H20N2O4S. The van der Waals surface area contributed by atoms with E-state index in [0.717, 1.165) is 5.56 Å². The van der Waals surface area contributed by atoms with Gasteiger partial charge in [-0.25, -0.2) is 8.42 Å². The number of sulfonamides is 1. The number of hydrogen-bond donors (Lipinski definition) is 2. The topological polar surface area (TPSA) is 84.5 Å². The molecule has 0 saturated carbocycles. The average molecular weight is 396 g/mol. The van der Waals surface area contributed by atoms with Gasteiger partial charge < -0.3 is 10.1 Å². The number of anilines is 2. The molecule has 6 nitrogen and oxygen atoms in total. The van der Waals surface area contributed by atoms with Crippen LogP contribution in [0.2, 0.25) is 0 Å². The van der Waals surface area contributed by atoms with Crippen molar-refractivity contribution in [2.45, 2.75) is 11.8 Å². The first-order valence-electron chi connectivity index (χ1n) is 8.52. The number of carbonyl (C=O) groups is 1. The van der Waals surface area contributed by atoms with Crippen LogP contribution in [0.4, 0.5) is 11.4 Å². The molecule has 0 heterocycles. The van der Waals surface area contributed by atoms with E-state index >= 15 is 0 Å². The smallest absolute Gasteiger partial charge is 0.261 e. The first-order valence-corrected chi connectivity index (χ1v) is 10.0. The molecule has 1 amide bonds. The van der Waals surface area contributed by atoms with Crippen molar-refractivity contribution in [2.24, 2.45) is 0 Å². The highest BCUT2D eigenvalue weighted by Gasteiger charge is 2.14. The Morgan fingerprint density at radius 1 is 0.893 bits per heavy atom. The van der Waals surface area contributed by atoms with Crippen molar-refractivity contribution >= 4 is 27.3 Å². The maximum absolute atomic E-state index is 12.5. The molecule has 28 heavy (non-hydrogen) atoms. The molecule has 0 unspecified atom stereocenters. The minimum Gasteiger partial charge on any atom is -0.497 e. The van der Waals surface area contributed by atoms with Gasteiger partial charge in [-0.15, -0.1) is 0 Å². The van der Waals surface area contributed by atoms with Crippen molar-refractivity contribution in [3.05, 3.63) is 83.9 Å². The quantitative estimate of drug-likeness (QED) is 0.658. The molecule has 3 rings (SSSR count). The summed E-state index contributed by atoms with van der Waals surface area (Å²) in [6.07, 6.45) is 0. The monoisotopic (exact) mass is 396 g/mol. The molecule has 144 valence electrons. The van der Waals surface area contributed by atoms with Crippen molar-refractivity contribution in [2.75, 3.05) is 17.1 Å². The van der Waals surface area contributed by atoms with Gasteiger partial charge in [0.05, 0.1) is 12.0 Å². The summed E-state index contributed by atoms with van der Waals surface area (Å²) in [5, 5.41) is 2.76. The van der Waals surface area contributed by atoms with Crippen LogP contribution in [0.25, 0.3) is 0 Å². The van der Waals surface area contributed by atoms with Crippen LogP contribution in [0.5, 0.6) is 5.75 Å². The van der Waals surface area contributed by atoms with E-state index in [2.05, 4.69) is 10.0 Å². The lowest BCUT2D eigenvalue weighted by molar-refractivity contribution is 0.102. The lowest BCUT2D eigenvalue weighted by atomic mass is 10.1. The van der Waals surface area contributed by atoms with Crippen molar-refractivity contribution in [1.29, 1.82) is 0 Å². The van der Waals surface area contributed by atoms with Gasteiger partial charge in [-0.3, -0.25) is 9.52 Å². The Kier molecular flexibility index (Phi) is 5.65.